The smallest absolute Gasteiger partial charge is 0.270 e. The number of hydrogen-bond donors (Lipinski definition) is 2. The number of rotatable bonds is 9. The van der Waals surface area contributed by atoms with E-state index in [0.717, 1.165) is 19.5 Å². The molecule has 3 aliphatic rings. The van der Waals surface area contributed by atoms with Crippen molar-refractivity contribution in [2.45, 2.75) is 6.42 Å². The first-order valence-electron chi connectivity index (χ1n) is 11.7. The molecule has 37 heavy (non-hydrogen) atoms. The van der Waals surface area contributed by atoms with Gasteiger partial charge in [0.1, 0.15) is 11.8 Å². The maximum Gasteiger partial charge on any atom is 0.270 e. The highest BCUT2D eigenvalue weighted by Gasteiger charge is 2.37. The van der Waals surface area contributed by atoms with Gasteiger partial charge in [-0.25, -0.2) is 8.42 Å². The summed E-state index contributed by atoms with van der Waals surface area (Å²) in [5.74, 6) is 0. The van der Waals surface area contributed by atoms with E-state index in [9.17, 15) is 15.4 Å². The van der Waals surface area contributed by atoms with Gasteiger partial charge in [0.05, 0.1) is 42.4 Å². The molecule has 0 unspecified atom stereocenters. The molecule has 2 aromatic carbocycles. The molecule has 13 nitrogen and oxygen atoms in total. The molecule has 0 amide bonds. The van der Waals surface area contributed by atoms with Gasteiger partial charge in [-0.3, -0.25) is 19.6 Å². The van der Waals surface area contributed by atoms with Crippen LogP contribution >= 0.6 is 0 Å². The molecule has 198 valence electrons. The number of fused-ring (bicyclic) bond motifs is 3. The molecule has 3 aliphatic heterocycles. The van der Waals surface area contributed by atoms with Gasteiger partial charge in [0.25, 0.3) is 5.69 Å². The first-order chi connectivity index (χ1) is 17.6. The highest BCUT2D eigenvalue weighted by Crippen LogP contribution is 2.26. The van der Waals surface area contributed by atoms with Crippen molar-refractivity contribution in [3.8, 4) is 6.07 Å². The molecule has 0 aliphatic carbocycles. The monoisotopic (exact) mass is 531 g/mol. The van der Waals surface area contributed by atoms with Gasteiger partial charge in [-0.05, 0) is 36.7 Å². The van der Waals surface area contributed by atoms with E-state index in [1.807, 2.05) is 30.3 Å². The third kappa shape index (κ3) is 9.25. The molecule has 3 saturated heterocycles. The highest BCUT2D eigenvalue weighted by molar-refractivity contribution is 7.79. The van der Waals surface area contributed by atoms with Crippen molar-refractivity contribution in [1.82, 2.24) is 10.2 Å². The first kappa shape index (κ1) is 28.3. The van der Waals surface area contributed by atoms with Gasteiger partial charge in [0.2, 0.25) is 10.4 Å². The third-order valence-electron chi connectivity index (χ3n) is 6.55. The van der Waals surface area contributed by atoms with E-state index in [0.29, 0.717) is 11.4 Å². The second kappa shape index (κ2) is 12.8. The lowest BCUT2D eigenvalue weighted by atomic mass is 10.1. The van der Waals surface area contributed by atoms with Gasteiger partial charge in [0, 0.05) is 38.3 Å². The Bertz CT molecular complexity index is 1230. The van der Waals surface area contributed by atoms with Gasteiger partial charge in [-0.2, -0.15) is 10.4 Å². The van der Waals surface area contributed by atoms with Gasteiger partial charge in [-0.1, -0.05) is 12.1 Å². The minimum absolute atomic E-state index is 0.127. The number of nitro benzene ring substituents is 1. The van der Waals surface area contributed by atoms with Gasteiger partial charge < -0.3 is 14.4 Å². The Morgan fingerprint density at radius 3 is 2.27 bits per heavy atom. The predicted octanol–water partition coefficient (Wildman–Crippen LogP) is 2.16. The van der Waals surface area contributed by atoms with Crippen molar-refractivity contribution >= 4 is 27.5 Å². The molecule has 2 aromatic rings. The zero-order valence-corrected chi connectivity index (χ0v) is 21.0. The number of non-ortho nitro benzene ring substituents is 1. The molecule has 0 saturated carbocycles. The van der Waals surface area contributed by atoms with Crippen LogP contribution in [0.15, 0.2) is 52.7 Å². The average Bonchev–Trinajstić information content (AvgIpc) is 2.88. The number of nitrogens with zero attached hydrogens (tertiary/aromatic N) is 6. The lowest BCUT2D eigenvalue weighted by molar-refractivity contribution is -0.939. The number of azo groups is 1. The fraction of sp³-hybridized carbons (Fsp3) is 0.435. The maximum atomic E-state index is 10.8. The van der Waals surface area contributed by atoms with Gasteiger partial charge in [0.15, 0.2) is 0 Å². The largest absolute Gasteiger partial charge is 0.726 e. The van der Waals surface area contributed by atoms with E-state index >= 15 is 0 Å². The van der Waals surface area contributed by atoms with Crippen molar-refractivity contribution in [1.29, 1.82) is 5.26 Å². The Morgan fingerprint density at radius 2 is 1.70 bits per heavy atom. The van der Waals surface area contributed by atoms with E-state index in [1.165, 1.54) is 74.1 Å². The number of piperazine rings is 3. The Balaban J connectivity index is 0.000000695. The predicted molar refractivity (Wildman–Crippen MR) is 133 cm³/mol. The van der Waals surface area contributed by atoms with Crippen LogP contribution in [0.25, 0.3) is 0 Å². The molecular formula is C23H29N7O6S. The first-order valence-corrected chi connectivity index (χ1v) is 13.1. The zero-order valence-electron chi connectivity index (χ0n) is 20.2. The summed E-state index contributed by atoms with van der Waals surface area (Å²) in [5, 5.41) is 31.9. The summed E-state index contributed by atoms with van der Waals surface area (Å²) in [5.41, 5.74) is 2.20. The highest BCUT2D eigenvalue weighted by atomic mass is 32.3. The van der Waals surface area contributed by atoms with E-state index in [4.69, 9.17) is 17.5 Å². The molecule has 2 N–H and O–H groups in total. The normalized spacial score (nSPS) is 20.7. The van der Waals surface area contributed by atoms with Crippen molar-refractivity contribution < 1.29 is 26.9 Å². The summed E-state index contributed by atoms with van der Waals surface area (Å²) in [4.78, 5) is 12.9. The van der Waals surface area contributed by atoms with Crippen LogP contribution in [-0.2, 0) is 16.8 Å². The molecule has 14 heteroatoms. The Hall–Kier alpha value is -3.32. The molecule has 3 heterocycles. The van der Waals surface area contributed by atoms with Crippen LogP contribution in [0.4, 0.5) is 17.1 Å². The van der Waals surface area contributed by atoms with Crippen molar-refractivity contribution in [2.24, 2.45) is 10.2 Å². The van der Waals surface area contributed by atoms with Crippen LogP contribution in [0.3, 0.4) is 0 Å². The Labute approximate surface area is 215 Å². The lowest BCUT2D eigenvalue weighted by Gasteiger charge is -2.50. The molecular weight excluding hydrogens is 502 g/mol. The minimum atomic E-state index is -4.92. The summed E-state index contributed by atoms with van der Waals surface area (Å²) in [7, 11) is -4.92. The lowest BCUT2D eigenvalue weighted by Crippen LogP contribution is -2.68. The summed E-state index contributed by atoms with van der Waals surface area (Å²) >= 11 is 0. The standard InChI is InChI=1S/C23H28N7O2.H2O4S/c24-18-20-17-22(29(31)32)5-6-23(20)27-26-21-3-1-19(2-4-21)7-8-25-9-13-30-14-10-28(11-15-30)12-16-30;1-5(2,3)4/h1-6,17,25H,7-16H2;(H2,1,2,3,4)/q+1;/p-1. The van der Waals surface area contributed by atoms with Gasteiger partial charge >= 0.3 is 0 Å². The number of nitriles is 1. The number of nitrogens with one attached hydrogen (secondary N) is 1. The summed E-state index contributed by atoms with van der Waals surface area (Å²) in [6.45, 7) is 10.9. The summed E-state index contributed by atoms with van der Waals surface area (Å²) in [6, 6.07) is 13.7. The number of benzene rings is 2. The average molecular weight is 532 g/mol. The maximum absolute atomic E-state index is 10.8. The van der Waals surface area contributed by atoms with Crippen LogP contribution in [0.1, 0.15) is 11.1 Å². The summed E-state index contributed by atoms with van der Waals surface area (Å²) < 4.78 is 34.1. The number of hydrogen-bond acceptors (Lipinski definition) is 10. The van der Waals surface area contributed by atoms with E-state index in [-0.39, 0.29) is 11.3 Å². The van der Waals surface area contributed by atoms with Crippen LogP contribution in [0.5, 0.6) is 0 Å². The second-order valence-corrected chi connectivity index (χ2v) is 9.80. The minimum Gasteiger partial charge on any atom is -0.726 e. The van der Waals surface area contributed by atoms with Crippen molar-refractivity contribution in [3.63, 3.8) is 0 Å². The number of quaternary nitrogens is 1. The van der Waals surface area contributed by atoms with Crippen LogP contribution in [-0.4, -0.2) is 90.7 Å². The van der Waals surface area contributed by atoms with E-state index in [1.54, 1.807) is 0 Å². The zero-order chi connectivity index (χ0) is 26.9. The number of nitro groups is 1. The topological polar surface area (TPSA) is 184 Å². The molecule has 0 spiro atoms. The molecule has 2 bridgehead atoms. The van der Waals surface area contributed by atoms with Crippen molar-refractivity contribution in [3.05, 3.63) is 63.7 Å². The van der Waals surface area contributed by atoms with E-state index in [2.05, 4.69) is 20.4 Å². The summed E-state index contributed by atoms with van der Waals surface area (Å²) in [6.07, 6.45) is 0.951. The van der Waals surface area contributed by atoms with Crippen molar-refractivity contribution in [2.75, 3.05) is 58.9 Å². The Morgan fingerprint density at radius 1 is 1.08 bits per heavy atom. The quantitative estimate of drug-likeness (QED) is 0.0930. The van der Waals surface area contributed by atoms with Crippen LogP contribution in [0.2, 0.25) is 0 Å². The Kier molecular flexibility index (Phi) is 9.75. The fourth-order valence-corrected chi connectivity index (χ4v) is 4.40. The fourth-order valence-electron chi connectivity index (χ4n) is 4.40. The van der Waals surface area contributed by atoms with Crippen LogP contribution in [0, 0.1) is 21.4 Å². The molecule has 0 radical (unpaired) electrons. The SMILES string of the molecule is N#Cc1cc([N+](=O)[O-])ccc1N=Nc1ccc(CCNCC[N+]23CCN(CC2)CC3)cc1.O=S(=O)([O-])O. The molecule has 5 rings (SSSR count). The van der Waals surface area contributed by atoms with Gasteiger partial charge in [-0.15, -0.1) is 5.11 Å². The molecule has 0 aromatic heterocycles. The molecule has 0 atom stereocenters. The van der Waals surface area contributed by atoms with E-state index < -0.39 is 15.3 Å². The molecule has 3 fully saturated rings. The second-order valence-electron chi connectivity index (χ2n) is 8.94. The van der Waals surface area contributed by atoms with Crippen LogP contribution < -0.4 is 5.32 Å². The third-order valence-corrected chi connectivity index (χ3v) is 6.55.